The molecule has 3 aromatic carbocycles. The molecule has 0 unspecified atom stereocenters. The Kier molecular flexibility index (Phi) is 11.5. The molecule has 45 heavy (non-hydrogen) atoms. The lowest BCUT2D eigenvalue weighted by molar-refractivity contribution is -0.268. The van der Waals surface area contributed by atoms with E-state index in [-0.39, 0.29) is 13.2 Å². The van der Waals surface area contributed by atoms with Gasteiger partial charge in [0, 0.05) is 13.3 Å². The maximum Gasteiger partial charge on any atom is 0.338 e. The van der Waals surface area contributed by atoms with Crippen molar-refractivity contribution >= 4 is 17.9 Å². The van der Waals surface area contributed by atoms with E-state index in [9.17, 15) is 14.4 Å². The van der Waals surface area contributed by atoms with Crippen LogP contribution in [0.4, 0.5) is 0 Å². The highest BCUT2D eigenvalue weighted by Gasteiger charge is 2.38. The van der Waals surface area contributed by atoms with Crippen LogP contribution in [0.3, 0.4) is 0 Å². The van der Waals surface area contributed by atoms with Gasteiger partial charge >= 0.3 is 17.9 Å². The van der Waals surface area contributed by atoms with Crippen molar-refractivity contribution in [3.63, 3.8) is 0 Å². The quantitative estimate of drug-likeness (QED) is 0.156. The topological polar surface area (TPSA) is 116 Å². The summed E-state index contributed by atoms with van der Waals surface area (Å²) in [7, 11) is 0. The molecule has 2 heterocycles. The number of rotatable bonds is 12. The van der Waals surface area contributed by atoms with Crippen molar-refractivity contribution in [2.24, 2.45) is 0 Å². The lowest BCUT2D eigenvalue weighted by atomic mass is 10.0. The number of carbonyl (C=O) groups excluding carboxylic acids is 3. The average Bonchev–Trinajstić information content (AvgIpc) is 3.07. The molecule has 2 aliphatic rings. The highest BCUT2D eigenvalue weighted by atomic mass is 16.7. The zero-order valence-corrected chi connectivity index (χ0v) is 24.9. The summed E-state index contributed by atoms with van der Waals surface area (Å²) in [4.78, 5) is 36.9. The van der Waals surface area contributed by atoms with Crippen LogP contribution in [0.15, 0.2) is 103 Å². The summed E-state index contributed by atoms with van der Waals surface area (Å²) >= 11 is 0. The van der Waals surface area contributed by atoms with E-state index in [1.807, 2.05) is 42.5 Å². The fourth-order valence-corrected chi connectivity index (χ4v) is 4.97. The molecule has 0 spiro atoms. The Morgan fingerprint density at radius 1 is 0.711 bits per heavy atom. The van der Waals surface area contributed by atoms with E-state index in [0.717, 1.165) is 5.56 Å². The highest BCUT2D eigenvalue weighted by molar-refractivity contribution is 5.89. The van der Waals surface area contributed by atoms with Crippen molar-refractivity contribution in [1.82, 2.24) is 0 Å². The zero-order chi connectivity index (χ0) is 31.4. The molecule has 0 saturated carbocycles. The molecule has 10 nitrogen and oxygen atoms in total. The van der Waals surface area contributed by atoms with Crippen molar-refractivity contribution in [3.8, 4) is 0 Å². The number of hydrogen-bond donors (Lipinski definition) is 0. The fraction of sp³-hybridized carbons (Fsp3) is 0.343. The third-order valence-electron chi connectivity index (χ3n) is 7.23. The minimum atomic E-state index is -0.840. The smallest absolute Gasteiger partial charge is 0.338 e. The Bertz CT molecular complexity index is 1410. The van der Waals surface area contributed by atoms with Gasteiger partial charge in [-0.05, 0) is 42.3 Å². The molecule has 1 fully saturated rings. The van der Waals surface area contributed by atoms with Gasteiger partial charge < -0.3 is 33.2 Å². The van der Waals surface area contributed by atoms with E-state index in [0.29, 0.717) is 30.6 Å². The Balaban J connectivity index is 1.25. The summed E-state index contributed by atoms with van der Waals surface area (Å²) < 4.78 is 41.1. The molecule has 236 valence electrons. The van der Waals surface area contributed by atoms with Crippen molar-refractivity contribution in [3.05, 3.63) is 120 Å². The SMILES string of the molecule is CC(=O)O[C@@H]1CC[C@H](O[C@@H]2C=C[C@H](OCc3ccccc3)[C@@H](COC(=O)c3ccccc3)O2)[C@@H](COC(=O)c2ccccc2)O1. The molecule has 0 radical (unpaired) electrons. The van der Waals surface area contributed by atoms with Crippen LogP contribution in [-0.4, -0.2) is 68.1 Å². The summed E-state index contributed by atoms with van der Waals surface area (Å²) in [6.07, 6.45) is 0.241. The molecule has 0 aliphatic carbocycles. The fourth-order valence-electron chi connectivity index (χ4n) is 4.97. The van der Waals surface area contributed by atoms with E-state index < -0.39 is 54.9 Å². The van der Waals surface area contributed by atoms with Crippen molar-refractivity contribution < 1.29 is 47.5 Å². The zero-order valence-electron chi connectivity index (χ0n) is 24.9. The van der Waals surface area contributed by atoms with E-state index in [2.05, 4.69) is 0 Å². The number of ether oxygens (including phenoxy) is 7. The molecule has 0 amide bonds. The van der Waals surface area contributed by atoms with Gasteiger partial charge in [0.2, 0.25) is 6.29 Å². The van der Waals surface area contributed by atoms with Gasteiger partial charge in [-0.25, -0.2) is 9.59 Å². The lowest BCUT2D eigenvalue weighted by Crippen LogP contribution is -2.48. The van der Waals surface area contributed by atoms with Gasteiger partial charge in [0.05, 0.1) is 23.8 Å². The first-order valence-electron chi connectivity index (χ1n) is 14.9. The normalized spacial score (nSPS) is 24.4. The number of hydrogen-bond acceptors (Lipinski definition) is 10. The molecular weight excluding hydrogens is 580 g/mol. The molecule has 2 aliphatic heterocycles. The second-order valence-electron chi connectivity index (χ2n) is 10.6. The Labute approximate surface area is 261 Å². The first-order chi connectivity index (χ1) is 21.9. The average molecular weight is 617 g/mol. The van der Waals surface area contributed by atoms with Gasteiger partial charge in [-0.1, -0.05) is 72.8 Å². The first kappa shape index (κ1) is 32.1. The summed E-state index contributed by atoms with van der Waals surface area (Å²) in [5.74, 6) is -1.47. The summed E-state index contributed by atoms with van der Waals surface area (Å²) in [5.41, 5.74) is 1.81. The third kappa shape index (κ3) is 9.57. The van der Waals surface area contributed by atoms with E-state index in [1.54, 1.807) is 60.7 Å². The van der Waals surface area contributed by atoms with Crippen LogP contribution in [0.1, 0.15) is 46.0 Å². The molecule has 0 N–H and O–H groups in total. The van der Waals surface area contributed by atoms with Crippen molar-refractivity contribution in [2.45, 2.75) is 63.4 Å². The van der Waals surface area contributed by atoms with Gasteiger partial charge in [0.25, 0.3) is 0 Å². The minimum absolute atomic E-state index is 0.0782. The van der Waals surface area contributed by atoms with Crippen molar-refractivity contribution in [1.29, 1.82) is 0 Å². The molecule has 10 heteroatoms. The maximum atomic E-state index is 12.7. The second-order valence-corrected chi connectivity index (χ2v) is 10.6. The summed E-state index contributed by atoms with van der Waals surface area (Å²) in [6.45, 7) is 1.42. The second kappa shape index (κ2) is 16.1. The maximum absolute atomic E-state index is 12.7. The van der Waals surface area contributed by atoms with E-state index in [1.165, 1.54) is 6.92 Å². The van der Waals surface area contributed by atoms with Crippen LogP contribution in [0.2, 0.25) is 0 Å². The Morgan fingerprint density at radius 2 is 1.29 bits per heavy atom. The lowest BCUT2D eigenvalue weighted by Gasteiger charge is -2.38. The van der Waals surface area contributed by atoms with Crippen LogP contribution < -0.4 is 0 Å². The summed E-state index contributed by atoms with van der Waals surface area (Å²) in [6, 6.07) is 27.0. The molecular formula is C35H36O10. The van der Waals surface area contributed by atoms with Gasteiger partial charge in [-0.15, -0.1) is 0 Å². The largest absolute Gasteiger partial charge is 0.459 e. The van der Waals surface area contributed by atoms with E-state index in [4.69, 9.17) is 33.2 Å². The number of esters is 3. The van der Waals surface area contributed by atoms with Crippen molar-refractivity contribution in [2.75, 3.05) is 13.2 Å². The molecule has 5 rings (SSSR count). The third-order valence-corrected chi connectivity index (χ3v) is 7.23. The first-order valence-corrected chi connectivity index (χ1v) is 14.9. The molecule has 3 aromatic rings. The molecule has 0 aromatic heterocycles. The van der Waals surface area contributed by atoms with E-state index >= 15 is 0 Å². The van der Waals surface area contributed by atoms with Crippen LogP contribution in [0.25, 0.3) is 0 Å². The van der Waals surface area contributed by atoms with Crippen LogP contribution in [-0.2, 0) is 44.6 Å². The van der Waals surface area contributed by atoms with Gasteiger partial charge in [0.1, 0.15) is 31.5 Å². The monoisotopic (exact) mass is 616 g/mol. The van der Waals surface area contributed by atoms with Gasteiger partial charge in [-0.2, -0.15) is 0 Å². The predicted molar refractivity (Wildman–Crippen MR) is 161 cm³/mol. The number of carbonyl (C=O) groups is 3. The molecule has 1 saturated heterocycles. The molecule has 6 atom stereocenters. The number of benzene rings is 3. The van der Waals surface area contributed by atoms with Gasteiger partial charge in [0.15, 0.2) is 6.29 Å². The highest BCUT2D eigenvalue weighted by Crippen LogP contribution is 2.28. The predicted octanol–water partition coefficient (Wildman–Crippen LogP) is 5.02. The molecule has 0 bridgehead atoms. The standard InChI is InChI=1S/C35H36O10/c1-24(36)42-32-20-18-29(31(45-32)23-41-35(38)27-15-9-4-10-16-27)43-33-19-17-28(39-21-25-11-5-2-6-12-25)30(44-33)22-40-34(37)26-13-7-3-8-14-26/h2-17,19,28-33H,18,20-23H2,1H3/t28-,29-,30+,31+,32-,33-/m0/s1. The van der Waals surface area contributed by atoms with Crippen LogP contribution in [0, 0.1) is 0 Å². The Hall–Kier alpha value is -4.35. The van der Waals surface area contributed by atoms with Crippen LogP contribution >= 0.6 is 0 Å². The van der Waals surface area contributed by atoms with Crippen LogP contribution in [0.5, 0.6) is 0 Å². The Morgan fingerprint density at radius 3 is 1.89 bits per heavy atom. The minimum Gasteiger partial charge on any atom is -0.459 e. The summed E-state index contributed by atoms with van der Waals surface area (Å²) in [5, 5.41) is 0. The van der Waals surface area contributed by atoms with Gasteiger partial charge in [-0.3, -0.25) is 4.79 Å².